The maximum Gasteiger partial charge on any atom is 0.325 e. The second kappa shape index (κ2) is 6.37. The number of ether oxygens (including phenoxy) is 1. The fourth-order valence-electron chi connectivity index (χ4n) is 1.72. The summed E-state index contributed by atoms with van der Waals surface area (Å²) in [6, 6.07) is 5.03. The zero-order valence-corrected chi connectivity index (χ0v) is 10.5. The number of nitrogens with one attached hydrogen (secondary N) is 1. The van der Waals surface area contributed by atoms with Crippen molar-refractivity contribution in [1.82, 2.24) is 5.32 Å². The smallest absolute Gasteiger partial charge is 0.325 e. The van der Waals surface area contributed by atoms with Crippen LogP contribution >= 0.6 is 0 Å². The lowest BCUT2D eigenvalue weighted by molar-refractivity contribution is -0.139. The standard InChI is InChI=1S/C13H19NO3/c1-9-5-4-6-11(10(9)2)12(13(15)16)14-7-8-17-3/h4-6,12,14H,7-8H2,1-3H3,(H,15,16). The first-order chi connectivity index (χ1) is 8.07. The SMILES string of the molecule is COCCNC(C(=O)O)c1cccc(C)c1C. The van der Waals surface area contributed by atoms with Gasteiger partial charge in [-0.05, 0) is 30.5 Å². The van der Waals surface area contributed by atoms with Gasteiger partial charge in [-0.15, -0.1) is 0 Å². The number of aliphatic carboxylic acids is 1. The first kappa shape index (κ1) is 13.7. The Hall–Kier alpha value is -1.39. The Morgan fingerprint density at radius 3 is 2.76 bits per heavy atom. The third-order valence-electron chi connectivity index (χ3n) is 2.86. The van der Waals surface area contributed by atoms with E-state index in [9.17, 15) is 9.90 Å². The minimum absolute atomic E-state index is 0.495. The number of carboxylic acids is 1. The third kappa shape index (κ3) is 3.54. The Morgan fingerprint density at radius 2 is 2.18 bits per heavy atom. The van der Waals surface area contributed by atoms with Gasteiger partial charge in [-0.25, -0.2) is 0 Å². The molecule has 0 aliphatic heterocycles. The molecule has 2 N–H and O–H groups in total. The topological polar surface area (TPSA) is 58.6 Å². The fraction of sp³-hybridized carbons (Fsp3) is 0.462. The van der Waals surface area contributed by atoms with Crippen molar-refractivity contribution in [3.8, 4) is 0 Å². The van der Waals surface area contributed by atoms with Crippen molar-refractivity contribution in [1.29, 1.82) is 0 Å². The van der Waals surface area contributed by atoms with Crippen LogP contribution in [0.5, 0.6) is 0 Å². The largest absolute Gasteiger partial charge is 0.480 e. The molecule has 0 radical (unpaired) electrons. The summed E-state index contributed by atoms with van der Waals surface area (Å²) >= 11 is 0. The lowest BCUT2D eigenvalue weighted by atomic mass is 9.97. The van der Waals surface area contributed by atoms with E-state index in [0.29, 0.717) is 13.2 Å². The van der Waals surface area contributed by atoms with E-state index in [1.54, 1.807) is 7.11 Å². The van der Waals surface area contributed by atoms with E-state index < -0.39 is 12.0 Å². The van der Waals surface area contributed by atoms with Crippen molar-refractivity contribution in [3.05, 3.63) is 34.9 Å². The van der Waals surface area contributed by atoms with Crippen molar-refractivity contribution >= 4 is 5.97 Å². The van der Waals surface area contributed by atoms with Gasteiger partial charge in [-0.2, -0.15) is 0 Å². The normalized spacial score (nSPS) is 12.4. The molecule has 0 heterocycles. The number of rotatable bonds is 6. The molecule has 4 heteroatoms. The molecule has 0 aromatic heterocycles. The molecular weight excluding hydrogens is 218 g/mol. The van der Waals surface area contributed by atoms with Crippen LogP contribution in [-0.4, -0.2) is 31.3 Å². The summed E-state index contributed by atoms with van der Waals surface area (Å²) in [4.78, 5) is 11.3. The van der Waals surface area contributed by atoms with Crippen LogP contribution in [-0.2, 0) is 9.53 Å². The van der Waals surface area contributed by atoms with E-state index in [0.717, 1.165) is 16.7 Å². The summed E-state index contributed by atoms with van der Waals surface area (Å²) < 4.78 is 4.91. The molecule has 4 nitrogen and oxygen atoms in total. The highest BCUT2D eigenvalue weighted by Gasteiger charge is 2.20. The number of hydrogen-bond donors (Lipinski definition) is 2. The molecule has 0 saturated carbocycles. The van der Waals surface area contributed by atoms with E-state index in [-0.39, 0.29) is 0 Å². The van der Waals surface area contributed by atoms with Crippen molar-refractivity contribution in [2.45, 2.75) is 19.9 Å². The summed E-state index contributed by atoms with van der Waals surface area (Å²) in [6.07, 6.45) is 0. The molecule has 0 amide bonds. The molecule has 17 heavy (non-hydrogen) atoms. The van der Waals surface area contributed by atoms with Gasteiger partial charge in [0.2, 0.25) is 0 Å². The van der Waals surface area contributed by atoms with Crippen LogP contribution < -0.4 is 5.32 Å². The predicted octanol–water partition coefficient (Wildman–Crippen LogP) is 1.67. The van der Waals surface area contributed by atoms with Gasteiger partial charge in [0.25, 0.3) is 0 Å². The Kier molecular flexibility index (Phi) is 5.12. The first-order valence-electron chi connectivity index (χ1n) is 5.59. The summed E-state index contributed by atoms with van der Waals surface area (Å²) in [7, 11) is 1.59. The van der Waals surface area contributed by atoms with Crippen LogP contribution in [0.15, 0.2) is 18.2 Å². The maximum absolute atomic E-state index is 11.3. The summed E-state index contributed by atoms with van der Waals surface area (Å²) in [5.41, 5.74) is 2.93. The molecular formula is C13H19NO3. The Bertz CT molecular complexity index is 390. The number of methoxy groups -OCH3 is 1. The molecule has 1 unspecified atom stereocenters. The van der Waals surface area contributed by atoms with E-state index in [1.807, 2.05) is 32.0 Å². The lowest BCUT2D eigenvalue weighted by Gasteiger charge is -2.18. The molecule has 1 aromatic rings. The lowest BCUT2D eigenvalue weighted by Crippen LogP contribution is -2.31. The van der Waals surface area contributed by atoms with Crippen molar-refractivity contribution in [2.75, 3.05) is 20.3 Å². The Labute approximate surface area is 102 Å². The minimum Gasteiger partial charge on any atom is -0.480 e. The zero-order chi connectivity index (χ0) is 12.8. The molecule has 0 bridgehead atoms. The van der Waals surface area contributed by atoms with E-state index in [1.165, 1.54) is 0 Å². The van der Waals surface area contributed by atoms with Crippen LogP contribution in [0.2, 0.25) is 0 Å². The Morgan fingerprint density at radius 1 is 1.47 bits per heavy atom. The highest BCUT2D eigenvalue weighted by Crippen LogP contribution is 2.20. The van der Waals surface area contributed by atoms with Crippen molar-refractivity contribution in [2.24, 2.45) is 0 Å². The molecule has 1 rings (SSSR count). The van der Waals surface area contributed by atoms with Gasteiger partial charge in [0.15, 0.2) is 0 Å². The number of aryl methyl sites for hydroxylation is 1. The minimum atomic E-state index is -0.866. The highest BCUT2D eigenvalue weighted by atomic mass is 16.5. The predicted molar refractivity (Wildman–Crippen MR) is 66.2 cm³/mol. The zero-order valence-electron chi connectivity index (χ0n) is 10.5. The highest BCUT2D eigenvalue weighted by molar-refractivity contribution is 5.76. The molecule has 1 atom stereocenters. The van der Waals surface area contributed by atoms with Crippen LogP contribution in [0.1, 0.15) is 22.7 Å². The van der Waals surface area contributed by atoms with Gasteiger partial charge < -0.3 is 9.84 Å². The molecule has 0 spiro atoms. The van der Waals surface area contributed by atoms with Crippen LogP contribution in [0.4, 0.5) is 0 Å². The third-order valence-corrected chi connectivity index (χ3v) is 2.86. The average Bonchev–Trinajstić information content (AvgIpc) is 2.29. The van der Waals surface area contributed by atoms with E-state index >= 15 is 0 Å². The monoisotopic (exact) mass is 237 g/mol. The van der Waals surface area contributed by atoms with Gasteiger partial charge in [0, 0.05) is 13.7 Å². The summed E-state index contributed by atoms with van der Waals surface area (Å²) in [5, 5.41) is 12.2. The summed E-state index contributed by atoms with van der Waals surface area (Å²) in [6.45, 7) is 4.93. The summed E-state index contributed by atoms with van der Waals surface area (Å²) in [5.74, 6) is -0.866. The molecule has 0 aliphatic carbocycles. The molecule has 0 saturated heterocycles. The number of carbonyl (C=O) groups is 1. The fourth-order valence-corrected chi connectivity index (χ4v) is 1.72. The number of hydrogen-bond acceptors (Lipinski definition) is 3. The molecule has 0 fully saturated rings. The van der Waals surface area contributed by atoms with Crippen LogP contribution in [0.3, 0.4) is 0 Å². The van der Waals surface area contributed by atoms with Crippen LogP contribution in [0, 0.1) is 13.8 Å². The molecule has 94 valence electrons. The average molecular weight is 237 g/mol. The Balaban J connectivity index is 2.90. The van der Waals surface area contributed by atoms with E-state index in [4.69, 9.17) is 4.74 Å². The maximum atomic E-state index is 11.3. The van der Waals surface area contributed by atoms with Gasteiger partial charge in [-0.1, -0.05) is 18.2 Å². The molecule has 0 aliphatic rings. The number of benzene rings is 1. The van der Waals surface area contributed by atoms with Gasteiger partial charge in [-0.3, -0.25) is 10.1 Å². The van der Waals surface area contributed by atoms with Crippen molar-refractivity contribution < 1.29 is 14.6 Å². The van der Waals surface area contributed by atoms with Gasteiger partial charge in [0.1, 0.15) is 6.04 Å². The molecule has 1 aromatic carbocycles. The second-order valence-electron chi connectivity index (χ2n) is 4.01. The van der Waals surface area contributed by atoms with Crippen molar-refractivity contribution in [3.63, 3.8) is 0 Å². The van der Waals surface area contributed by atoms with E-state index in [2.05, 4.69) is 5.32 Å². The quantitative estimate of drug-likeness (QED) is 0.739. The number of carboxylic acid groups (broad SMARTS) is 1. The van der Waals surface area contributed by atoms with Gasteiger partial charge >= 0.3 is 5.97 Å². The second-order valence-corrected chi connectivity index (χ2v) is 4.01. The first-order valence-corrected chi connectivity index (χ1v) is 5.59. The van der Waals surface area contributed by atoms with Gasteiger partial charge in [0.05, 0.1) is 6.61 Å². The van der Waals surface area contributed by atoms with Crippen LogP contribution in [0.25, 0.3) is 0 Å².